The highest BCUT2D eigenvalue weighted by atomic mass is 16.2. The van der Waals surface area contributed by atoms with Crippen molar-refractivity contribution >= 4 is 17.5 Å². The standard InChI is InChI=1S/C21H23N3O2/c22-21(26)19-13-16-6-1-2-7-17(16)14-23(19)11-10-20(25)24-12-9-15-5-3-4-8-18(15)24/h1-8,19H,9-14H2,(H2,22,26)/t19-/m1/s1. The van der Waals surface area contributed by atoms with Crippen LogP contribution in [0.5, 0.6) is 0 Å². The summed E-state index contributed by atoms with van der Waals surface area (Å²) < 4.78 is 0. The average Bonchev–Trinajstić information content (AvgIpc) is 3.09. The van der Waals surface area contributed by atoms with E-state index in [1.54, 1.807) is 0 Å². The van der Waals surface area contributed by atoms with Gasteiger partial charge >= 0.3 is 0 Å². The molecule has 2 heterocycles. The van der Waals surface area contributed by atoms with Crippen LogP contribution in [-0.4, -0.2) is 35.8 Å². The van der Waals surface area contributed by atoms with Crippen LogP contribution in [0.1, 0.15) is 23.1 Å². The second kappa shape index (κ2) is 6.92. The number of para-hydroxylation sites is 1. The van der Waals surface area contributed by atoms with Gasteiger partial charge in [-0.15, -0.1) is 0 Å². The predicted molar refractivity (Wildman–Crippen MR) is 101 cm³/mol. The van der Waals surface area contributed by atoms with Crippen molar-refractivity contribution < 1.29 is 9.59 Å². The topological polar surface area (TPSA) is 66.6 Å². The van der Waals surface area contributed by atoms with E-state index in [0.29, 0.717) is 25.9 Å². The minimum atomic E-state index is -0.344. The van der Waals surface area contributed by atoms with Crippen LogP contribution >= 0.6 is 0 Å². The van der Waals surface area contributed by atoms with Crippen molar-refractivity contribution in [2.75, 3.05) is 18.0 Å². The van der Waals surface area contributed by atoms with E-state index in [1.807, 2.05) is 40.1 Å². The van der Waals surface area contributed by atoms with Crippen molar-refractivity contribution in [3.8, 4) is 0 Å². The first-order valence-electron chi connectivity index (χ1n) is 9.12. The molecule has 5 heteroatoms. The Hall–Kier alpha value is -2.66. The number of primary amides is 1. The number of anilines is 1. The van der Waals surface area contributed by atoms with Crippen molar-refractivity contribution in [3.63, 3.8) is 0 Å². The van der Waals surface area contributed by atoms with Crippen molar-refractivity contribution in [2.24, 2.45) is 5.73 Å². The van der Waals surface area contributed by atoms with Gasteiger partial charge in [-0.2, -0.15) is 0 Å². The number of amides is 2. The third-order valence-corrected chi connectivity index (χ3v) is 5.48. The van der Waals surface area contributed by atoms with E-state index in [-0.39, 0.29) is 17.9 Å². The van der Waals surface area contributed by atoms with Crippen LogP contribution in [0.15, 0.2) is 48.5 Å². The molecule has 0 spiro atoms. The normalized spacial score (nSPS) is 19.1. The summed E-state index contributed by atoms with van der Waals surface area (Å²) in [4.78, 5) is 28.6. The van der Waals surface area contributed by atoms with E-state index in [2.05, 4.69) is 18.2 Å². The van der Waals surface area contributed by atoms with Gasteiger partial charge in [-0.3, -0.25) is 14.5 Å². The number of hydrogen-bond acceptors (Lipinski definition) is 3. The molecule has 2 aliphatic rings. The summed E-state index contributed by atoms with van der Waals surface area (Å²) in [6.07, 6.45) is 1.91. The first kappa shape index (κ1) is 16.8. The fourth-order valence-corrected chi connectivity index (χ4v) is 4.06. The van der Waals surface area contributed by atoms with Crippen molar-refractivity contribution in [1.82, 2.24) is 4.90 Å². The monoisotopic (exact) mass is 349 g/mol. The number of fused-ring (bicyclic) bond motifs is 2. The summed E-state index contributed by atoms with van der Waals surface area (Å²) >= 11 is 0. The Morgan fingerprint density at radius 3 is 2.46 bits per heavy atom. The molecule has 0 unspecified atom stereocenters. The molecule has 2 aliphatic heterocycles. The highest BCUT2D eigenvalue weighted by Gasteiger charge is 2.31. The molecule has 0 saturated heterocycles. The molecule has 1 atom stereocenters. The Balaban J connectivity index is 1.45. The highest BCUT2D eigenvalue weighted by Crippen LogP contribution is 2.28. The van der Waals surface area contributed by atoms with Gasteiger partial charge < -0.3 is 10.6 Å². The smallest absolute Gasteiger partial charge is 0.235 e. The summed E-state index contributed by atoms with van der Waals surface area (Å²) in [7, 11) is 0. The van der Waals surface area contributed by atoms with Gasteiger partial charge in [0.05, 0.1) is 6.04 Å². The first-order chi connectivity index (χ1) is 12.6. The molecule has 4 rings (SSSR count). The molecule has 0 bridgehead atoms. The molecule has 2 amide bonds. The van der Waals surface area contributed by atoms with Crippen molar-refractivity contribution in [1.29, 1.82) is 0 Å². The van der Waals surface area contributed by atoms with E-state index >= 15 is 0 Å². The van der Waals surface area contributed by atoms with Gasteiger partial charge in [0.2, 0.25) is 11.8 Å². The number of nitrogens with zero attached hydrogens (tertiary/aromatic N) is 2. The van der Waals surface area contributed by atoms with Crippen molar-refractivity contribution in [2.45, 2.75) is 31.8 Å². The summed E-state index contributed by atoms with van der Waals surface area (Å²) in [5.41, 5.74) is 10.3. The van der Waals surface area contributed by atoms with Crippen molar-refractivity contribution in [3.05, 3.63) is 65.2 Å². The Bertz CT molecular complexity index is 849. The number of nitrogens with two attached hydrogens (primary N) is 1. The molecule has 134 valence electrons. The maximum absolute atomic E-state index is 12.8. The zero-order chi connectivity index (χ0) is 18.1. The lowest BCUT2D eigenvalue weighted by molar-refractivity contribution is -0.125. The zero-order valence-electron chi connectivity index (χ0n) is 14.7. The molecule has 2 aromatic carbocycles. The van der Waals surface area contributed by atoms with Crippen LogP contribution in [0, 0.1) is 0 Å². The van der Waals surface area contributed by atoms with Crippen LogP contribution < -0.4 is 10.6 Å². The summed E-state index contributed by atoms with van der Waals surface area (Å²) in [5, 5.41) is 0. The van der Waals surface area contributed by atoms with Gasteiger partial charge in [-0.1, -0.05) is 42.5 Å². The number of hydrogen-bond donors (Lipinski definition) is 1. The molecule has 0 radical (unpaired) electrons. The van der Waals surface area contributed by atoms with Gasteiger partial charge in [0, 0.05) is 31.7 Å². The quantitative estimate of drug-likeness (QED) is 0.916. The third kappa shape index (κ3) is 3.10. The minimum absolute atomic E-state index is 0.108. The Kier molecular flexibility index (Phi) is 4.47. The number of carbonyl (C=O) groups excluding carboxylic acids is 2. The maximum atomic E-state index is 12.8. The van der Waals surface area contributed by atoms with Gasteiger partial charge in [-0.25, -0.2) is 0 Å². The lowest BCUT2D eigenvalue weighted by Crippen LogP contribution is -2.49. The molecule has 2 aromatic rings. The molecule has 2 N–H and O–H groups in total. The van der Waals surface area contributed by atoms with Gasteiger partial charge in [0.25, 0.3) is 0 Å². The predicted octanol–water partition coefficient (Wildman–Crippen LogP) is 1.88. The Morgan fingerprint density at radius 1 is 1.00 bits per heavy atom. The minimum Gasteiger partial charge on any atom is -0.368 e. The zero-order valence-corrected chi connectivity index (χ0v) is 14.7. The SMILES string of the molecule is NC(=O)[C@H]1Cc2ccccc2CN1CCC(=O)N1CCc2ccccc21. The van der Waals surface area contributed by atoms with Crippen LogP contribution in [-0.2, 0) is 29.0 Å². The average molecular weight is 349 g/mol. The molecular formula is C21H23N3O2. The molecule has 0 aromatic heterocycles. The van der Waals surface area contributed by atoms with Gasteiger partial charge in [0.15, 0.2) is 0 Å². The molecule has 0 fully saturated rings. The third-order valence-electron chi connectivity index (χ3n) is 5.48. The van der Waals surface area contributed by atoms with Gasteiger partial charge in [-0.05, 0) is 35.6 Å². The lowest BCUT2D eigenvalue weighted by atomic mass is 9.93. The number of benzene rings is 2. The summed E-state index contributed by atoms with van der Waals surface area (Å²) in [6, 6.07) is 15.8. The van der Waals surface area contributed by atoms with E-state index in [1.165, 1.54) is 16.7 Å². The molecular weight excluding hydrogens is 326 g/mol. The molecule has 26 heavy (non-hydrogen) atoms. The Labute approximate surface area is 153 Å². The summed E-state index contributed by atoms with van der Waals surface area (Å²) in [6.45, 7) is 1.94. The highest BCUT2D eigenvalue weighted by molar-refractivity contribution is 5.95. The fourth-order valence-electron chi connectivity index (χ4n) is 4.06. The second-order valence-corrected chi connectivity index (χ2v) is 7.04. The van der Waals surface area contributed by atoms with E-state index < -0.39 is 0 Å². The lowest BCUT2D eigenvalue weighted by Gasteiger charge is -2.35. The molecule has 0 aliphatic carbocycles. The van der Waals surface area contributed by atoms with Crippen LogP contribution in [0.25, 0.3) is 0 Å². The van der Waals surface area contributed by atoms with Crippen LogP contribution in [0.4, 0.5) is 5.69 Å². The molecule has 5 nitrogen and oxygen atoms in total. The maximum Gasteiger partial charge on any atom is 0.235 e. The van der Waals surface area contributed by atoms with E-state index in [4.69, 9.17) is 5.73 Å². The fraction of sp³-hybridized carbons (Fsp3) is 0.333. The number of carbonyl (C=O) groups is 2. The second-order valence-electron chi connectivity index (χ2n) is 7.04. The van der Waals surface area contributed by atoms with E-state index in [0.717, 1.165) is 18.7 Å². The van der Waals surface area contributed by atoms with Crippen LogP contribution in [0.3, 0.4) is 0 Å². The Morgan fingerprint density at radius 2 is 1.69 bits per heavy atom. The van der Waals surface area contributed by atoms with Gasteiger partial charge in [0.1, 0.15) is 0 Å². The largest absolute Gasteiger partial charge is 0.368 e. The van der Waals surface area contributed by atoms with Crippen LogP contribution in [0.2, 0.25) is 0 Å². The number of rotatable bonds is 4. The summed E-state index contributed by atoms with van der Waals surface area (Å²) in [5.74, 6) is -0.213. The molecule has 0 saturated carbocycles. The van der Waals surface area contributed by atoms with E-state index in [9.17, 15) is 9.59 Å². The first-order valence-corrected chi connectivity index (χ1v) is 9.12.